The van der Waals surface area contributed by atoms with Crippen LogP contribution in [0.1, 0.15) is 45.4 Å². The largest absolute Gasteiger partial charge is 0.354 e. The minimum Gasteiger partial charge on any atom is -0.354 e. The van der Waals surface area contributed by atoms with Crippen molar-refractivity contribution in [3.05, 3.63) is 0 Å². The molecule has 0 aromatic heterocycles. The molecule has 0 saturated heterocycles. The third-order valence-corrected chi connectivity index (χ3v) is 3.94. The molecule has 2 N–H and O–H groups in total. The van der Waals surface area contributed by atoms with Crippen LogP contribution in [0.5, 0.6) is 0 Å². The minimum absolute atomic E-state index is 0.161. The van der Waals surface area contributed by atoms with Crippen LogP contribution < -0.4 is 10.6 Å². The molecular formula is C13H24N2O. The lowest BCUT2D eigenvalue weighted by molar-refractivity contribution is -0.120. The van der Waals surface area contributed by atoms with Gasteiger partial charge in [-0.1, -0.05) is 19.8 Å². The van der Waals surface area contributed by atoms with Gasteiger partial charge >= 0.3 is 0 Å². The summed E-state index contributed by atoms with van der Waals surface area (Å²) in [5.41, 5.74) is 0.367. The quantitative estimate of drug-likeness (QED) is 0.721. The van der Waals surface area contributed by atoms with Crippen LogP contribution in [0, 0.1) is 11.3 Å². The molecule has 0 aliphatic heterocycles. The normalized spacial score (nSPS) is 23.3. The number of rotatable bonds is 6. The topological polar surface area (TPSA) is 41.1 Å². The summed E-state index contributed by atoms with van der Waals surface area (Å²) >= 11 is 0. The lowest BCUT2D eigenvalue weighted by Gasteiger charge is -2.23. The number of hydrogen-bond acceptors (Lipinski definition) is 2. The number of nitrogens with one attached hydrogen (secondary N) is 2. The summed E-state index contributed by atoms with van der Waals surface area (Å²) in [5, 5.41) is 6.28. The second kappa shape index (κ2) is 5.17. The van der Waals surface area contributed by atoms with Crippen LogP contribution in [0.2, 0.25) is 0 Å². The Hall–Kier alpha value is -0.570. The second-order valence-corrected chi connectivity index (χ2v) is 5.87. The van der Waals surface area contributed by atoms with Gasteiger partial charge in [0.25, 0.3) is 0 Å². The average molecular weight is 224 g/mol. The van der Waals surface area contributed by atoms with Crippen LogP contribution in [0.15, 0.2) is 0 Å². The van der Waals surface area contributed by atoms with Crippen molar-refractivity contribution in [2.75, 3.05) is 19.6 Å². The fraction of sp³-hybridized carbons (Fsp3) is 0.923. The van der Waals surface area contributed by atoms with Crippen LogP contribution in [-0.2, 0) is 4.79 Å². The fourth-order valence-electron chi connectivity index (χ4n) is 2.49. The van der Waals surface area contributed by atoms with E-state index < -0.39 is 0 Å². The first kappa shape index (κ1) is 11.9. The Bertz CT molecular complexity index is 242. The van der Waals surface area contributed by atoms with Gasteiger partial charge in [0.1, 0.15) is 0 Å². The SMILES string of the molecule is CC1(CNC(=O)CNCC2CC2)CCCC1. The van der Waals surface area contributed by atoms with Crippen molar-refractivity contribution < 1.29 is 4.79 Å². The van der Waals surface area contributed by atoms with Gasteiger partial charge in [0, 0.05) is 6.54 Å². The van der Waals surface area contributed by atoms with E-state index in [1.165, 1.54) is 38.5 Å². The van der Waals surface area contributed by atoms with Crippen molar-refractivity contribution in [2.24, 2.45) is 11.3 Å². The van der Waals surface area contributed by atoms with E-state index in [-0.39, 0.29) is 5.91 Å². The van der Waals surface area contributed by atoms with Gasteiger partial charge in [0.15, 0.2) is 0 Å². The van der Waals surface area contributed by atoms with Crippen molar-refractivity contribution >= 4 is 5.91 Å². The predicted molar refractivity (Wildman–Crippen MR) is 65.2 cm³/mol. The summed E-state index contributed by atoms with van der Waals surface area (Å²) in [6, 6.07) is 0. The van der Waals surface area contributed by atoms with Crippen LogP contribution in [0.25, 0.3) is 0 Å². The van der Waals surface area contributed by atoms with Crippen molar-refractivity contribution in [1.29, 1.82) is 0 Å². The molecule has 0 atom stereocenters. The Balaban J connectivity index is 1.55. The van der Waals surface area contributed by atoms with Crippen molar-refractivity contribution in [1.82, 2.24) is 10.6 Å². The number of carbonyl (C=O) groups excluding carboxylic acids is 1. The zero-order chi connectivity index (χ0) is 11.4. The molecule has 2 saturated carbocycles. The molecule has 2 aliphatic carbocycles. The summed E-state index contributed by atoms with van der Waals surface area (Å²) in [7, 11) is 0. The highest BCUT2D eigenvalue weighted by Gasteiger charge is 2.28. The zero-order valence-electron chi connectivity index (χ0n) is 10.3. The number of amides is 1. The van der Waals surface area contributed by atoms with Gasteiger partial charge in [-0.05, 0) is 43.6 Å². The van der Waals surface area contributed by atoms with Crippen molar-refractivity contribution in [3.63, 3.8) is 0 Å². The Morgan fingerprint density at radius 2 is 2.00 bits per heavy atom. The third-order valence-electron chi connectivity index (χ3n) is 3.94. The van der Waals surface area contributed by atoms with E-state index in [9.17, 15) is 4.79 Å². The molecule has 0 spiro atoms. The smallest absolute Gasteiger partial charge is 0.233 e. The summed E-state index contributed by atoms with van der Waals surface area (Å²) in [6.07, 6.45) is 7.86. The van der Waals surface area contributed by atoms with Gasteiger partial charge in [0.2, 0.25) is 5.91 Å². The van der Waals surface area contributed by atoms with Gasteiger partial charge in [-0.25, -0.2) is 0 Å². The van der Waals surface area contributed by atoms with Crippen molar-refractivity contribution in [2.45, 2.75) is 45.4 Å². The van der Waals surface area contributed by atoms with Crippen LogP contribution in [-0.4, -0.2) is 25.5 Å². The highest BCUT2D eigenvalue weighted by Crippen LogP contribution is 2.36. The molecule has 1 amide bonds. The lowest BCUT2D eigenvalue weighted by atomic mass is 9.89. The molecule has 2 rings (SSSR count). The molecule has 0 aromatic carbocycles. The molecule has 92 valence electrons. The van der Waals surface area contributed by atoms with Gasteiger partial charge in [-0.15, -0.1) is 0 Å². The number of hydrogen-bond donors (Lipinski definition) is 2. The molecule has 0 aromatic rings. The Kier molecular flexibility index (Phi) is 3.85. The fourth-order valence-corrected chi connectivity index (χ4v) is 2.49. The van der Waals surface area contributed by atoms with E-state index in [0.29, 0.717) is 12.0 Å². The molecule has 0 bridgehead atoms. The Morgan fingerprint density at radius 1 is 1.31 bits per heavy atom. The molecule has 2 fully saturated rings. The molecule has 0 unspecified atom stereocenters. The zero-order valence-corrected chi connectivity index (χ0v) is 10.3. The molecule has 16 heavy (non-hydrogen) atoms. The first-order valence-electron chi connectivity index (χ1n) is 6.65. The predicted octanol–water partition coefficient (Wildman–Crippen LogP) is 1.68. The summed E-state index contributed by atoms with van der Waals surface area (Å²) in [6.45, 7) is 4.66. The average Bonchev–Trinajstić information content (AvgIpc) is 2.98. The van der Waals surface area contributed by atoms with Gasteiger partial charge < -0.3 is 10.6 Å². The maximum atomic E-state index is 11.6. The lowest BCUT2D eigenvalue weighted by Crippen LogP contribution is -2.39. The molecule has 2 aliphatic rings. The molecular weight excluding hydrogens is 200 g/mol. The summed E-state index contributed by atoms with van der Waals surface area (Å²) < 4.78 is 0. The van der Waals surface area contributed by atoms with E-state index >= 15 is 0 Å². The summed E-state index contributed by atoms with van der Waals surface area (Å²) in [4.78, 5) is 11.6. The van der Waals surface area contributed by atoms with Gasteiger partial charge in [-0.3, -0.25) is 4.79 Å². The molecule has 0 radical (unpaired) electrons. The van der Waals surface area contributed by atoms with Crippen molar-refractivity contribution in [3.8, 4) is 0 Å². The van der Waals surface area contributed by atoms with Crippen LogP contribution in [0.4, 0.5) is 0 Å². The number of carbonyl (C=O) groups is 1. The van der Waals surface area contributed by atoms with Crippen LogP contribution in [0.3, 0.4) is 0 Å². The minimum atomic E-state index is 0.161. The highest BCUT2D eigenvalue weighted by molar-refractivity contribution is 5.78. The van der Waals surface area contributed by atoms with E-state index in [1.807, 2.05) is 0 Å². The Morgan fingerprint density at radius 3 is 2.62 bits per heavy atom. The third kappa shape index (κ3) is 3.78. The molecule has 3 heteroatoms. The highest BCUT2D eigenvalue weighted by atomic mass is 16.1. The van der Waals surface area contributed by atoms with Gasteiger partial charge in [0.05, 0.1) is 6.54 Å². The van der Waals surface area contributed by atoms with Gasteiger partial charge in [-0.2, -0.15) is 0 Å². The first-order chi connectivity index (χ1) is 7.68. The van der Waals surface area contributed by atoms with E-state index in [0.717, 1.165) is 19.0 Å². The van der Waals surface area contributed by atoms with Crippen LogP contribution >= 0.6 is 0 Å². The van der Waals surface area contributed by atoms with E-state index in [2.05, 4.69) is 17.6 Å². The molecule has 0 heterocycles. The van der Waals surface area contributed by atoms with E-state index in [1.54, 1.807) is 0 Å². The first-order valence-corrected chi connectivity index (χ1v) is 6.65. The second-order valence-electron chi connectivity index (χ2n) is 5.87. The van der Waals surface area contributed by atoms with E-state index in [4.69, 9.17) is 0 Å². The Labute approximate surface area is 98.4 Å². The monoisotopic (exact) mass is 224 g/mol. The maximum absolute atomic E-state index is 11.6. The summed E-state index contributed by atoms with van der Waals surface area (Å²) in [5.74, 6) is 1.01. The molecule has 3 nitrogen and oxygen atoms in total. The standard InChI is InChI=1S/C13H24N2O/c1-13(6-2-3-7-13)10-15-12(16)9-14-8-11-4-5-11/h11,14H,2-10H2,1H3,(H,15,16). The maximum Gasteiger partial charge on any atom is 0.233 e.